The molecule has 0 aliphatic heterocycles. The van der Waals surface area contributed by atoms with Crippen molar-refractivity contribution in [2.24, 2.45) is 7.05 Å². The van der Waals surface area contributed by atoms with E-state index in [1.165, 1.54) is 11.9 Å². The highest BCUT2D eigenvalue weighted by Crippen LogP contribution is 2.28. The Morgan fingerprint density at radius 3 is 2.48 bits per heavy atom. The first-order valence-corrected chi connectivity index (χ1v) is 7.08. The lowest BCUT2D eigenvalue weighted by Gasteiger charge is -2.13. The van der Waals surface area contributed by atoms with Crippen LogP contribution in [0.1, 0.15) is 18.9 Å². The molecular formula is C14H22N6O. The number of hydrogen-bond donors (Lipinski definition) is 2. The molecule has 2 aromatic rings. The van der Waals surface area contributed by atoms with E-state index in [1.807, 2.05) is 19.4 Å². The molecule has 7 nitrogen and oxygen atoms in total. The van der Waals surface area contributed by atoms with Crippen LogP contribution in [-0.4, -0.2) is 39.9 Å². The Morgan fingerprint density at radius 1 is 1.19 bits per heavy atom. The van der Waals surface area contributed by atoms with E-state index in [9.17, 15) is 0 Å². The van der Waals surface area contributed by atoms with Gasteiger partial charge in [-0.2, -0.15) is 5.10 Å². The van der Waals surface area contributed by atoms with Gasteiger partial charge in [0.25, 0.3) is 0 Å². The van der Waals surface area contributed by atoms with Crippen molar-refractivity contribution in [1.29, 1.82) is 0 Å². The summed E-state index contributed by atoms with van der Waals surface area (Å²) >= 11 is 0. The van der Waals surface area contributed by atoms with Crippen molar-refractivity contribution in [3.05, 3.63) is 24.3 Å². The van der Waals surface area contributed by atoms with E-state index >= 15 is 0 Å². The van der Waals surface area contributed by atoms with E-state index in [4.69, 9.17) is 4.74 Å². The Kier molecular flexibility index (Phi) is 5.36. The summed E-state index contributed by atoms with van der Waals surface area (Å²) in [6.07, 6.45) is 7.31. The molecule has 7 heteroatoms. The molecule has 0 aliphatic carbocycles. The Morgan fingerprint density at radius 2 is 1.90 bits per heavy atom. The van der Waals surface area contributed by atoms with Crippen LogP contribution in [0.3, 0.4) is 0 Å². The molecule has 2 aromatic heterocycles. The first-order valence-electron chi connectivity index (χ1n) is 7.08. The molecule has 0 amide bonds. The third-order valence-electron chi connectivity index (χ3n) is 3.01. The van der Waals surface area contributed by atoms with Gasteiger partial charge in [0.1, 0.15) is 6.33 Å². The first kappa shape index (κ1) is 15.1. The monoisotopic (exact) mass is 290 g/mol. The van der Waals surface area contributed by atoms with E-state index in [0.717, 1.165) is 31.7 Å². The van der Waals surface area contributed by atoms with Gasteiger partial charge in [-0.1, -0.05) is 6.92 Å². The second-order valence-electron chi connectivity index (χ2n) is 4.73. The summed E-state index contributed by atoms with van der Waals surface area (Å²) in [5.74, 6) is 2.07. The largest absolute Gasteiger partial charge is 0.490 e. The third kappa shape index (κ3) is 4.08. The van der Waals surface area contributed by atoms with Crippen LogP contribution >= 0.6 is 0 Å². The summed E-state index contributed by atoms with van der Waals surface area (Å²) in [7, 11) is 3.54. The predicted molar refractivity (Wildman–Crippen MR) is 82.8 cm³/mol. The predicted octanol–water partition coefficient (Wildman–Crippen LogP) is 1.70. The van der Waals surface area contributed by atoms with Crippen LogP contribution in [0.5, 0.6) is 5.75 Å². The second kappa shape index (κ2) is 7.47. The Bertz CT molecular complexity index is 568. The number of nitrogens with zero attached hydrogens (tertiary/aromatic N) is 4. The van der Waals surface area contributed by atoms with E-state index < -0.39 is 0 Å². The molecule has 0 saturated carbocycles. The van der Waals surface area contributed by atoms with Crippen LogP contribution in [0.4, 0.5) is 11.6 Å². The summed E-state index contributed by atoms with van der Waals surface area (Å²) < 4.78 is 7.21. The van der Waals surface area contributed by atoms with E-state index in [0.29, 0.717) is 11.6 Å². The molecule has 0 spiro atoms. The molecule has 2 rings (SSSR count). The molecule has 2 heterocycles. The van der Waals surface area contributed by atoms with E-state index in [2.05, 4.69) is 32.6 Å². The topological polar surface area (TPSA) is 76.9 Å². The van der Waals surface area contributed by atoms with Gasteiger partial charge in [0, 0.05) is 26.3 Å². The molecule has 0 radical (unpaired) electrons. The summed E-state index contributed by atoms with van der Waals surface area (Å²) in [6.45, 7) is 3.71. The van der Waals surface area contributed by atoms with Crippen LogP contribution in [-0.2, 0) is 13.5 Å². The van der Waals surface area contributed by atoms with Crippen molar-refractivity contribution in [3.63, 3.8) is 0 Å². The fraction of sp³-hybridized carbons (Fsp3) is 0.500. The third-order valence-corrected chi connectivity index (χ3v) is 3.01. The van der Waals surface area contributed by atoms with Crippen molar-refractivity contribution in [2.45, 2.75) is 19.8 Å². The van der Waals surface area contributed by atoms with Gasteiger partial charge in [0.15, 0.2) is 11.6 Å². The van der Waals surface area contributed by atoms with Crippen LogP contribution in [0, 0.1) is 0 Å². The maximum atomic E-state index is 5.41. The molecular weight excluding hydrogens is 268 g/mol. The maximum absolute atomic E-state index is 5.41. The summed E-state index contributed by atoms with van der Waals surface area (Å²) in [6, 6.07) is 0. The lowest BCUT2D eigenvalue weighted by atomic mass is 10.2. The summed E-state index contributed by atoms with van der Waals surface area (Å²) in [5, 5.41) is 10.7. The Balaban J connectivity index is 1.98. The zero-order valence-corrected chi connectivity index (χ0v) is 12.8. The van der Waals surface area contributed by atoms with Gasteiger partial charge in [-0.15, -0.1) is 0 Å². The lowest BCUT2D eigenvalue weighted by Crippen LogP contribution is -2.10. The van der Waals surface area contributed by atoms with Gasteiger partial charge >= 0.3 is 0 Å². The van der Waals surface area contributed by atoms with E-state index in [-0.39, 0.29) is 0 Å². The molecule has 0 aliphatic rings. The minimum absolute atomic E-state index is 0.650. The average Bonchev–Trinajstić information content (AvgIpc) is 2.90. The van der Waals surface area contributed by atoms with Crippen molar-refractivity contribution in [1.82, 2.24) is 19.7 Å². The van der Waals surface area contributed by atoms with Crippen LogP contribution in [0.15, 0.2) is 18.7 Å². The first-order chi connectivity index (χ1) is 10.2. The van der Waals surface area contributed by atoms with Crippen molar-refractivity contribution < 1.29 is 4.74 Å². The van der Waals surface area contributed by atoms with E-state index in [1.54, 1.807) is 11.8 Å². The normalized spacial score (nSPS) is 10.4. The highest BCUT2D eigenvalue weighted by atomic mass is 16.5. The Hall–Kier alpha value is -2.31. The van der Waals surface area contributed by atoms with Gasteiger partial charge in [-0.25, -0.2) is 9.97 Å². The van der Waals surface area contributed by atoms with Crippen molar-refractivity contribution >= 4 is 11.6 Å². The lowest BCUT2D eigenvalue weighted by molar-refractivity contribution is 0.414. The van der Waals surface area contributed by atoms with Crippen LogP contribution in [0.2, 0.25) is 0 Å². The number of aryl methyl sites for hydroxylation is 1. The number of methoxy groups -OCH3 is 1. The highest BCUT2D eigenvalue weighted by molar-refractivity contribution is 5.63. The molecule has 2 N–H and O–H groups in total. The van der Waals surface area contributed by atoms with Crippen LogP contribution in [0.25, 0.3) is 0 Å². The summed E-state index contributed by atoms with van der Waals surface area (Å²) in [4.78, 5) is 8.46. The minimum atomic E-state index is 0.650. The van der Waals surface area contributed by atoms with Gasteiger partial charge in [-0.05, 0) is 18.4 Å². The Labute approximate surface area is 124 Å². The quantitative estimate of drug-likeness (QED) is 0.770. The standard InChI is InChI=1S/C14H22N6O/c1-4-6-15-13-12(21-3)14(18-10-17-13)16-7-5-11-8-19-20(2)9-11/h8-10H,4-7H2,1-3H3,(H2,15,16,17,18). The molecule has 0 atom stereocenters. The van der Waals surface area contributed by atoms with Crippen LogP contribution < -0.4 is 15.4 Å². The fourth-order valence-corrected chi connectivity index (χ4v) is 1.99. The molecule has 114 valence electrons. The minimum Gasteiger partial charge on any atom is -0.490 e. The number of aromatic nitrogens is 4. The summed E-state index contributed by atoms with van der Waals surface area (Å²) in [5.41, 5.74) is 1.18. The molecule has 21 heavy (non-hydrogen) atoms. The number of anilines is 2. The maximum Gasteiger partial charge on any atom is 0.204 e. The number of hydrogen-bond acceptors (Lipinski definition) is 6. The van der Waals surface area contributed by atoms with Gasteiger partial charge in [0.2, 0.25) is 5.75 Å². The zero-order chi connectivity index (χ0) is 15.1. The van der Waals surface area contributed by atoms with Crippen molar-refractivity contribution in [3.8, 4) is 5.75 Å². The second-order valence-corrected chi connectivity index (χ2v) is 4.73. The molecule has 0 unspecified atom stereocenters. The number of rotatable bonds is 8. The zero-order valence-electron chi connectivity index (χ0n) is 12.8. The number of ether oxygens (including phenoxy) is 1. The average molecular weight is 290 g/mol. The highest BCUT2D eigenvalue weighted by Gasteiger charge is 2.11. The molecule has 0 fully saturated rings. The SMILES string of the molecule is CCCNc1ncnc(NCCc2cnn(C)c2)c1OC. The van der Waals surface area contributed by atoms with Gasteiger partial charge in [-0.3, -0.25) is 4.68 Å². The molecule has 0 saturated heterocycles. The number of nitrogens with one attached hydrogen (secondary N) is 2. The smallest absolute Gasteiger partial charge is 0.204 e. The molecule has 0 aromatic carbocycles. The fourth-order valence-electron chi connectivity index (χ4n) is 1.99. The molecule has 0 bridgehead atoms. The van der Waals surface area contributed by atoms with Gasteiger partial charge in [0.05, 0.1) is 13.3 Å². The van der Waals surface area contributed by atoms with Gasteiger partial charge < -0.3 is 15.4 Å². The van der Waals surface area contributed by atoms with Crippen molar-refractivity contribution in [2.75, 3.05) is 30.8 Å².